The third kappa shape index (κ3) is 3.72. The number of amides is 2. The van der Waals surface area contributed by atoms with E-state index in [0.717, 1.165) is 0 Å². The molecule has 3 atom stereocenters. The van der Waals surface area contributed by atoms with Crippen LogP contribution in [0.15, 0.2) is 0 Å². The van der Waals surface area contributed by atoms with Crippen LogP contribution in [-0.2, 0) is 14.4 Å². The van der Waals surface area contributed by atoms with E-state index in [2.05, 4.69) is 10.6 Å². The van der Waals surface area contributed by atoms with Crippen molar-refractivity contribution >= 4 is 17.8 Å². The topological polar surface area (TPSA) is 95.5 Å². The molecular weight excluding hydrogens is 224 g/mol. The average molecular weight is 242 g/mol. The Morgan fingerprint density at radius 3 is 2.59 bits per heavy atom. The number of rotatable bonds is 5. The van der Waals surface area contributed by atoms with Crippen molar-refractivity contribution in [2.45, 2.75) is 32.7 Å². The molecule has 17 heavy (non-hydrogen) atoms. The fourth-order valence-electron chi connectivity index (χ4n) is 1.66. The zero-order chi connectivity index (χ0) is 13.0. The summed E-state index contributed by atoms with van der Waals surface area (Å²) in [5.74, 6) is -2.57. The van der Waals surface area contributed by atoms with Gasteiger partial charge < -0.3 is 15.7 Å². The molecule has 0 radical (unpaired) electrons. The molecule has 2 amide bonds. The van der Waals surface area contributed by atoms with Gasteiger partial charge in [-0.05, 0) is 6.42 Å². The summed E-state index contributed by atoms with van der Waals surface area (Å²) < 4.78 is 0. The number of nitrogens with one attached hydrogen (secondary N) is 2. The summed E-state index contributed by atoms with van der Waals surface area (Å²) in [7, 11) is 0. The fourth-order valence-corrected chi connectivity index (χ4v) is 1.66. The Morgan fingerprint density at radius 2 is 2.12 bits per heavy atom. The van der Waals surface area contributed by atoms with E-state index in [9.17, 15) is 14.4 Å². The van der Waals surface area contributed by atoms with Crippen LogP contribution in [0.5, 0.6) is 0 Å². The molecule has 6 nitrogen and oxygen atoms in total. The standard InChI is InChI=1S/C11H18N2O4/c1-6(7(2)11(16)17)10(15)12-5-8-3-4-9(14)13-8/h6-8H,3-5H2,1-2H3,(H,12,15)(H,13,14)(H,16,17). The zero-order valence-electron chi connectivity index (χ0n) is 10.0. The fraction of sp³-hybridized carbons (Fsp3) is 0.727. The van der Waals surface area contributed by atoms with Crippen molar-refractivity contribution in [3.05, 3.63) is 0 Å². The zero-order valence-corrected chi connectivity index (χ0v) is 10.0. The molecule has 1 saturated heterocycles. The minimum absolute atomic E-state index is 0.00352. The van der Waals surface area contributed by atoms with Crippen molar-refractivity contribution in [2.75, 3.05) is 6.54 Å². The number of carbonyl (C=O) groups is 3. The van der Waals surface area contributed by atoms with Gasteiger partial charge in [0.1, 0.15) is 0 Å². The van der Waals surface area contributed by atoms with Crippen LogP contribution in [0.4, 0.5) is 0 Å². The lowest BCUT2D eigenvalue weighted by Crippen LogP contribution is -2.42. The molecule has 96 valence electrons. The average Bonchev–Trinajstić information content (AvgIpc) is 2.69. The van der Waals surface area contributed by atoms with E-state index < -0.39 is 17.8 Å². The Bertz CT molecular complexity index is 329. The van der Waals surface area contributed by atoms with Gasteiger partial charge in [0.25, 0.3) is 0 Å². The highest BCUT2D eigenvalue weighted by Gasteiger charge is 2.27. The number of hydrogen-bond acceptors (Lipinski definition) is 3. The molecule has 1 rings (SSSR count). The van der Waals surface area contributed by atoms with Crippen LogP contribution in [-0.4, -0.2) is 35.5 Å². The number of hydrogen-bond donors (Lipinski definition) is 3. The number of aliphatic carboxylic acids is 1. The first-order chi connectivity index (χ1) is 7.91. The lowest BCUT2D eigenvalue weighted by Gasteiger charge is -2.17. The predicted octanol–water partition coefficient (Wildman–Crippen LogP) is -0.262. The molecule has 0 aromatic carbocycles. The highest BCUT2D eigenvalue weighted by molar-refractivity contribution is 5.84. The van der Waals surface area contributed by atoms with Gasteiger partial charge in [-0.15, -0.1) is 0 Å². The van der Waals surface area contributed by atoms with Crippen molar-refractivity contribution in [1.82, 2.24) is 10.6 Å². The molecule has 0 aromatic rings. The summed E-state index contributed by atoms with van der Waals surface area (Å²) in [5, 5.41) is 14.2. The molecule has 0 spiro atoms. The van der Waals surface area contributed by atoms with E-state index in [4.69, 9.17) is 5.11 Å². The van der Waals surface area contributed by atoms with Crippen LogP contribution in [0, 0.1) is 11.8 Å². The molecule has 3 N–H and O–H groups in total. The van der Waals surface area contributed by atoms with Crippen LogP contribution in [0.2, 0.25) is 0 Å². The second-order valence-corrected chi connectivity index (χ2v) is 4.46. The summed E-state index contributed by atoms with van der Waals surface area (Å²) >= 11 is 0. The summed E-state index contributed by atoms with van der Waals surface area (Å²) in [6, 6.07) is -0.0289. The first-order valence-electron chi connectivity index (χ1n) is 5.71. The first-order valence-corrected chi connectivity index (χ1v) is 5.71. The minimum atomic E-state index is -0.984. The minimum Gasteiger partial charge on any atom is -0.481 e. The molecular formula is C11H18N2O4. The van der Waals surface area contributed by atoms with Gasteiger partial charge in [0.15, 0.2) is 0 Å². The van der Waals surface area contributed by atoms with E-state index in [1.54, 1.807) is 6.92 Å². The summed E-state index contributed by atoms with van der Waals surface area (Å²) in [5.41, 5.74) is 0. The Kier molecular flexibility index (Phi) is 4.48. The van der Waals surface area contributed by atoms with Gasteiger partial charge >= 0.3 is 5.97 Å². The Labute approximate surface area is 99.8 Å². The summed E-state index contributed by atoms with van der Waals surface area (Å²) in [6.07, 6.45) is 1.20. The van der Waals surface area contributed by atoms with E-state index >= 15 is 0 Å². The Morgan fingerprint density at radius 1 is 1.47 bits per heavy atom. The van der Waals surface area contributed by atoms with Crippen LogP contribution in [0.1, 0.15) is 26.7 Å². The van der Waals surface area contributed by atoms with Gasteiger partial charge in [-0.25, -0.2) is 0 Å². The number of carbonyl (C=O) groups excluding carboxylic acids is 2. The van der Waals surface area contributed by atoms with E-state index in [-0.39, 0.29) is 17.9 Å². The van der Waals surface area contributed by atoms with Gasteiger partial charge in [0.05, 0.1) is 5.92 Å². The third-order valence-electron chi connectivity index (χ3n) is 3.16. The van der Waals surface area contributed by atoms with Gasteiger partial charge in [0, 0.05) is 24.9 Å². The van der Waals surface area contributed by atoms with Crippen molar-refractivity contribution in [2.24, 2.45) is 11.8 Å². The highest BCUT2D eigenvalue weighted by atomic mass is 16.4. The van der Waals surface area contributed by atoms with Crippen LogP contribution < -0.4 is 10.6 Å². The van der Waals surface area contributed by atoms with E-state index in [1.165, 1.54) is 6.92 Å². The van der Waals surface area contributed by atoms with Gasteiger partial charge in [-0.3, -0.25) is 14.4 Å². The number of carboxylic acid groups (broad SMARTS) is 1. The molecule has 1 fully saturated rings. The molecule has 6 heteroatoms. The molecule has 0 aliphatic carbocycles. The van der Waals surface area contributed by atoms with Crippen molar-refractivity contribution < 1.29 is 19.5 Å². The molecule has 0 bridgehead atoms. The largest absolute Gasteiger partial charge is 0.481 e. The second kappa shape index (κ2) is 5.65. The SMILES string of the molecule is CC(C(=O)O)C(C)C(=O)NCC1CCC(=O)N1. The molecule has 3 unspecified atom stereocenters. The normalized spacial score (nSPS) is 22.7. The predicted molar refractivity (Wildman–Crippen MR) is 60.1 cm³/mol. The summed E-state index contributed by atoms with van der Waals surface area (Å²) in [6.45, 7) is 3.45. The lowest BCUT2D eigenvalue weighted by molar-refractivity contribution is -0.146. The van der Waals surface area contributed by atoms with Gasteiger partial charge in [-0.2, -0.15) is 0 Å². The van der Waals surface area contributed by atoms with E-state index in [1.807, 2.05) is 0 Å². The maximum Gasteiger partial charge on any atom is 0.307 e. The third-order valence-corrected chi connectivity index (χ3v) is 3.16. The van der Waals surface area contributed by atoms with Gasteiger partial charge in [-0.1, -0.05) is 13.8 Å². The van der Waals surface area contributed by atoms with Crippen molar-refractivity contribution in [1.29, 1.82) is 0 Å². The molecule has 0 saturated carbocycles. The quantitative estimate of drug-likeness (QED) is 0.619. The maximum atomic E-state index is 11.6. The van der Waals surface area contributed by atoms with Crippen LogP contribution >= 0.6 is 0 Å². The smallest absolute Gasteiger partial charge is 0.307 e. The molecule has 1 aliphatic heterocycles. The van der Waals surface area contributed by atoms with Crippen molar-refractivity contribution in [3.8, 4) is 0 Å². The Balaban J connectivity index is 2.34. The second-order valence-electron chi connectivity index (χ2n) is 4.46. The van der Waals surface area contributed by atoms with Crippen molar-refractivity contribution in [3.63, 3.8) is 0 Å². The first kappa shape index (κ1) is 13.5. The molecule has 0 aromatic heterocycles. The summed E-state index contributed by atoms with van der Waals surface area (Å²) in [4.78, 5) is 33.3. The van der Waals surface area contributed by atoms with Crippen LogP contribution in [0.25, 0.3) is 0 Å². The Hall–Kier alpha value is -1.59. The monoisotopic (exact) mass is 242 g/mol. The maximum absolute atomic E-state index is 11.6. The lowest BCUT2D eigenvalue weighted by atomic mass is 9.95. The van der Waals surface area contributed by atoms with Gasteiger partial charge in [0.2, 0.25) is 11.8 Å². The van der Waals surface area contributed by atoms with Crippen LogP contribution in [0.3, 0.4) is 0 Å². The van der Waals surface area contributed by atoms with E-state index in [0.29, 0.717) is 19.4 Å². The molecule has 1 aliphatic rings. The highest BCUT2D eigenvalue weighted by Crippen LogP contribution is 2.11. The number of carboxylic acids is 1. The molecule has 1 heterocycles.